The second kappa shape index (κ2) is 9.86. The summed E-state index contributed by atoms with van der Waals surface area (Å²) in [7, 11) is 1.77. The molecule has 0 spiro atoms. The average molecular weight is 507 g/mol. The largest absolute Gasteiger partial charge is 0.345 e. The molecule has 0 fully saturated rings. The van der Waals surface area contributed by atoms with Gasteiger partial charge in [0.15, 0.2) is 16.1 Å². The number of nitrogens with one attached hydrogen (secondary N) is 2. The predicted molar refractivity (Wildman–Crippen MR) is 128 cm³/mol. The van der Waals surface area contributed by atoms with Crippen molar-refractivity contribution >= 4 is 73.5 Å². The first-order valence-corrected chi connectivity index (χ1v) is 11.9. The highest BCUT2D eigenvalue weighted by Crippen LogP contribution is 2.26. The zero-order chi connectivity index (χ0) is 22.7. The van der Waals surface area contributed by atoms with Gasteiger partial charge in [-0.2, -0.15) is 0 Å². The molecule has 0 saturated carbocycles. The van der Waals surface area contributed by atoms with Gasteiger partial charge in [0.05, 0.1) is 33.1 Å². The molecule has 0 atom stereocenters. The van der Waals surface area contributed by atoms with E-state index < -0.39 is 0 Å². The summed E-state index contributed by atoms with van der Waals surface area (Å²) in [4.78, 5) is 29.1. The van der Waals surface area contributed by atoms with Gasteiger partial charge in [0.25, 0.3) is 5.91 Å². The van der Waals surface area contributed by atoms with Crippen LogP contribution in [0.1, 0.15) is 16.2 Å². The third-order valence-corrected chi connectivity index (χ3v) is 6.90. The molecule has 0 saturated heterocycles. The van der Waals surface area contributed by atoms with E-state index in [1.165, 1.54) is 29.2 Å². The molecule has 0 unspecified atom stereocenters. The number of benzene rings is 2. The lowest BCUT2D eigenvalue weighted by molar-refractivity contribution is -0.113. The van der Waals surface area contributed by atoms with E-state index in [4.69, 9.17) is 23.2 Å². The number of aromatic nitrogens is 4. The fourth-order valence-corrected chi connectivity index (χ4v) is 4.87. The summed E-state index contributed by atoms with van der Waals surface area (Å²) in [5.41, 5.74) is 1.17. The van der Waals surface area contributed by atoms with Crippen molar-refractivity contribution in [1.82, 2.24) is 25.1 Å². The molecule has 2 aromatic carbocycles. The highest BCUT2D eigenvalue weighted by atomic mass is 35.5. The molecular weight excluding hydrogens is 491 g/mol. The predicted octanol–water partition coefficient (Wildman–Crippen LogP) is 4.39. The van der Waals surface area contributed by atoms with Crippen LogP contribution in [0.5, 0.6) is 0 Å². The Morgan fingerprint density at radius 1 is 1.16 bits per heavy atom. The van der Waals surface area contributed by atoms with Gasteiger partial charge >= 0.3 is 0 Å². The number of nitrogens with zero attached hydrogens (tertiary/aromatic N) is 4. The van der Waals surface area contributed by atoms with Crippen molar-refractivity contribution in [3.8, 4) is 0 Å². The number of anilines is 1. The smallest absolute Gasteiger partial charge is 0.253 e. The molecule has 4 aromatic rings. The van der Waals surface area contributed by atoms with Crippen molar-refractivity contribution in [2.75, 3.05) is 11.1 Å². The first-order valence-electron chi connectivity index (χ1n) is 9.30. The van der Waals surface area contributed by atoms with Gasteiger partial charge in [0.1, 0.15) is 0 Å². The van der Waals surface area contributed by atoms with Gasteiger partial charge in [-0.25, -0.2) is 4.98 Å². The minimum Gasteiger partial charge on any atom is -0.345 e. The molecular formula is C20H16Cl2N6O2S2. The van der Waals surface area contributed by atoms with Gasteiger partial charge in [-0.3, -0.25) is 9.59 Å². The minimum absolute atomic E-state index is 0.147. The summed E-state index contributed by atoms with van der Waals surface area (Å²) in [5, 5.41) is 15.6. The number of rotatable bonds is 7. The summed E-state index contributed by atoms with van der Waals surface area (Å²) in [6.45, 7) is 0.153. The molecule has 4 rings (SSSR count). The van der Waals surface area contributed by atoms with Crippen LogP contribution in [0.3, 0.4) is 0 Å². The molecule has 2 N–H and O–H groups in total. The van der Waals surface area contributed by atoms with Gasteiger partial charge in [0, 0.05) is 12.1 Å². The maximum absolute atomic E-state index is 12.4. The Bertz CT molecular complexity index is 1270. The van der Waals surface area contributed by atoms with Gasteiger partial charge < -0.3 is 15.2 Å². The number of hydrogen-bond donors (Lipinski definition) is 2. The number of fused-ring (bicyclic) bond motifs is 1. The van der Waals surface area contributed by atoms with E-state index in [0.717, 1.165) is 10.2 Å². The van der Waals surface area contributed by atoms with E-state index in [9.17, 15) is 9.59 Å². The Hall–Kier alpha value is -2.66. The van der Waals surface area contributed by atoms with Crippen molar-refractivity contribution < 1.29 is 9.59 Å². The molecule has 0 aliphatic rings. The summed E-state index contributed by atoms with van der Waals surface area (Å²) >= 11 is 14.6. The molecule has 164 valence electrons. The van der Waals surface area contributed by atoms with Crippen LogP contribution in [0, 0.1) is 0 Å². The van der Waals surface area contributed by atoms with Crippen LogP contribution in [0.4, 0.5) is 5.13 Å². The van der Waals surface area contributed by atoms with E-state index in [0.29, 0.717) is 26.7 Å². The zero-order valence-corrected chi connectivity index (χ0v) is 19.8. The molecule has 32 heavy (non-hydrogen) atoms. The third-order valence-electron chi connectivity index (χ3n) is 4.38. The molecule has 2 amide bonds. The second-order valence-electron chi connectivity index (χ2n) is 6.59. The second-order valence-corrected chi connectivity index (χ2v) is 9.41. The number of para-hydroxylation sites is 1. The number of amides is 2. The SMILES string of the molecule is Cn1c(CNC(=O)c2ccc(Cl)cc2Cl)nnc1SCC(=O)Nc1nc2ccccc2s1. The normalized spacial score (nSPS) is 11.0. The molecule has 2 aromatic heterocycles. The zero-order valence-electron chi connectivity index (χ0n) is 16.6. The van der Waals surface area contributed by atoms with E-state index in [-0.39, 0.29) is 29.1 Å². The third kappa shape index (κ3) is 5.21. The van der Waals surface area contributed by atoms with Gasteiger partial charge in [-0.05, 0) is 30.3 Å². The maximum Gasteiger partial charge on any atom is 0.253 e. The lowest BCUT2D eigenvalue weighted by Gasteiger charge is -2.07. The van der Waals surface area contributed by atoms with Gasteiger partial charge in [-0.1, -0.05) is 58.4 Å². The Balaban J connectivity index is 1.31. The summed E-state index contributed by atoms with van der Waals surface area (Å²) < 4.78 is 2.73. The van der Waals surface area contributed by atoms with Crippen LogP contribution < -0.4 is 10.6 Å². The number of hydrogen-bond acceptors (Lipinski definition) is 7. The molecule has 0 bridgehead atoms. The maximum atomic E-state index is 12.4. The Kier molecular flexibility index (Phi) is 6.95. The highest BCUT2D eigenvalue weighted by molar-refractivity contribution is 7.99. The monoisotopic (exact) mass is 506 g/mol. The van der Waals surface area contributed by atoms with E-state index in [2.05, 4.69) is 25.8 Å². The quantitative estimate of drug-likeness (QED) is 0.360. The molecule has 0 radical (unpaired) electrons. The molecule has 2 heterocycles. The summed E-state index contributed by atoms with van der Waals surface area (Å²) in [6.07, 6.45) is 0. The van der Waals surface area contributed by atoms with Crippen LogP contribution in [0.2, 0.25) is 10.0 Å². The van der Waals surface area contributed by atoms with Gasteiger partial charge in [0.2, 0.25) is 5.91 Å². The van der Waals surface area contributed by atoms with Crippen LogP contribution in [0.15, 0.2) is 47.6 Å². The number of carbonyl (C=O) groups is 2. The van der Waals surface area contributed by atoms with Crippen molar-refractivity contribution in [1.29, 1.82) is 0 Å². The topological polar surface area (TPSA) is 102 Å². The Labute approximate surface area is 201 Å². The van der Waals surface area contributed by atoms with E-state index in [1.807, 2.05) is 24.3 Å². The van der Waals surface area contributed by atoms with Gasteiger partial charge in [-0.15, -0.1) is 10.2 Å². The molecule has 12 heteroatoms. The standard InChI is InChI=1S/C20H16Cl2N6O2S2/c1-28-16(9-23-18(30)12-7-6-11(21)8-13(12)22)26-27-20(28)31-10-17(29)25-19-24-14-4-2-3-5-15(14)32-19/h2-8H,9-10H2,1H3,(H,23,30)(H,24,25,29). The number of thioether (sulfide) groups is 1. The average Bonchev–Trinajstić information content (AvgIpc) is 3.33. The highest BCUT2D eigenvalue weighted by Gasteiger charge is 2.15. The van der Waals surface area contributed by atoms with E-state index >= 15 is 0 Å². The van der Waals surface area contributed by atoms with Crippen molar-refractivity contribution in [2.45, 2.75) is 11.7 Å². The lowest BCUT2D eigenvalue weighted by atomic mass is 10.2. The first-order chi connectivity index (χ1) is 15.4. The fourth-order valence-electron chi connectivity index (χ4n) is 2.76. The number of carbonyl (C=O) groups excluding carboxylic acids is 2. The van der Waals surface area contributed by atoms with Crippen molar-refractivity contribution in [3.05, 3.63) is 63.9 Å². The fraction of sp³-hybridized carbons (Fsp3) is 0.150. The Morgan fingerprint density at radius 3 is 2.75 bits per heavy atom. The Morgan fingerprint density at radius 2 is 1.97 bits per heavy atom. The summed E-state index contributed by atoms with van der Waals surface area (Å²) in [5.74, 6) is 0.148. The number of thiazole rings is 1. The van der Waals surface area contributed by atoms with Crippen LogP contribution >= 0.6 is 46.3 Å². The van der Waals surface area contributed by atoms with Crippen molar-refractivity contribution in [3.63, 3.8) is 0 Å². The lowest BCUT2D eigenvalue weighted by Crippen LogP contribution is -2.24. The molecule has 0 aliphatic heterocycles. The van der Waals surface area contributed by atoms with Crippen LogP contribution in [-0.4, -0.2) is 37.3 Å². The summed E-state index contributed by atoms with van der Waals surface area (Å²) in [6, 6.07) is 12.4. The molecule has 0 aliphatic carbocycles. The van der Waals surface area contributed by atoms with Crippen LogP contribution in [-0.2, 0) is 18.4 Å². The molecule has 8 nitrogen and oxygen atoms in total. The minimum atomic E-state index is -0.348. The van der Waals surface area contributed by atoms with E-state index in [1.54, 1.807) is 23.7 Å². The number of halogens is 2. The van der Waals surface area contributed by atoms with Crippen LogP contribution in [0.25, 0.3) is 10.2 Å². The first kappa shape index (κ1) is 22.5. The van der Waals surface area contributed by atoms with Crippen molar-refractivity contribution in [2.24, 2.45) is 7.05 Å².